The van der Waals surface area contributed by atoms with Crippen LogP contribution in [-0.4, -0.2) is 47.2 Å². The molecule has 0 aliphatic rings. The van der Waals surface area contributed by atoms with Crippen LogP contribution in [0.3, 0.4) is 0 Å². The van der Waals surface area contributed by atoms with Crippen LogP contribution < -0.4 is 0 Å². The van der Waals surface area contributed by atoms with E-state index in [2.05, 4.69) is 9.97 Å². The molecule has 192 valence electrons. The number of aromatic nitrogens is 4. The number of aliphatic hydroxyl groups is 1. The van der Waals surface area contributed by atoms with Gasteiger partial charge in [0.2, 0.25) is 0 Å². The first-order valence-electron chi connectivity index (χ1n) is 12.3. The van der Waals surface area contributed by atoms with Gasteiger partial charge >= 0.3 is 11.9 Å². The zero-order valence-corrected chi connectivity index (χ0v) is 21.0. The fourth-order valence-corrected chi connectivity index (χ4v) is 5.11. The molecule has 0 saturated heterocycles. The molecule has 0 radical (unpaired) electrons. The number of hydrogen-bond donors (Lipinski definition) is 3. The molecule has 6 rings (SSSR count). The van der Waals surface area contributed by atoms with Crippen molar-refractivity contribution >= 4 is 56.1 Å². The Bertz CT molecular complexity index is 1990. The van der Waals surface area contributed by atoms with Gasteiger partial charge in [0.05, 0.1) is 50.3 Å². The van der Waals surface area contributed by atoms with Crippen molar-refractivity contribution < 1.29 is 24.9 Å². The Hall–Kier alpha value is -5.02. The van der Waals surface area contributed by atoms with Crippen LogP contribution in [0.5, 0.6) is 0 Å². The molecular weight excluding hydrogens is 496 g/mol. The van der Waals surface area contributed by atoms with Crippen molar-refractivity contribution in [3.63, 3.8) is 0 Å². The molecule has 2 atom stereocenters. The summed E-state index contributed by atoms with van der Waals surface area (Å²) in [5, 5.41) is 29.8. The Balaban J connectivity index is 1.63. The highest BCUT2D eigenvalue weighted by Crippen LogP contribution is 2.35. The number of rotatable bonds is 5. The highest BCUT2D eigenvalue weighted by Gasteiger charge is 2.23. The van der Waals surface area contributed by atoms with Crippen LogP contribution in [0.15, 0.2) is 66.7 Å². The lowest BCUT2D eigenvalue weighted by Crippen LogP contribution is -2.07. The Labute approximate surface area is 221 Å². The topological polar surface area (TPSA) is 146 Å². The first-order valence-corrected chi connectivity index (χ1v) is 12.3. The van der Waals surface area contributed by atoms with Gasteiger partial charge in [-0.2, -0.15) is 0 Å². The molecule has 4 aromatic carbocycles. The van der Waals surface area contributed by atoms with Crippen LogP contribution in [0.1, 0.15) is 63.3 Å². The third-order valence-corrected chi connectivity index (χ3v) is 7.05. The highest BCUT2D eigenvalue weighted by molar-refractivity contribution is 6.05. The van der Waals surface area contributed by atoms with Gasteiger partial charge in [-0.05, 0) is 48.4 Å². The average molecular weight is 519 g/mol. The van der Waals surface area contributed by atoms with Crippen LogP contribution in [0.25, 0.3) is 44.1 Å². The summed E-state index contributed by atoms with van der Waals surface area (Å²) in [4.78, 5) is 42.8. The van der Waals surface area contributed by atoms with Crippen molar-refractivity contribution in [3.05, 3.63) is 94.5 Å². The molecular formula is C30H22N4O5. The number of carbonyl (C=O) groups is 2. The van der Waals surface area contributed by atoms with Crippen molar-refractivity contribution in [2.45, 2.75) is 25.9 Å². The smallest absolute Gasteiger partial charge is 0.337 e. The normalized spacial score (nSPS) is 13.2. The van der Waals surface area contributed by atoms with E-state index in [9.17, 15) is 24.9 Å². The predicted molar refractivity (Wildman–Crippen MR) is 146 cm³/mol. The monoisotopic (exact) mass is 518 g/mol. The zero-order chi connectivity index (χ0) is 27.4. The van der Waals surface area contributed by atoms with Gasteiger partial charge in [-0.1, -0.05) is 43.3 Å². The van der Waals surface area contributed by atoms with Crippen molar-refractivity contribution in [3.8, 4) is 0 Å². The number of benzene rings is 4. The van der Waals surface area contributed by atoms with Gasteiger partial charge in [0.1, 0.15) is 11.0 Å². The molecule has 6 aromatic rings. The van der Waals surface area contributed by atoms with Crippen LogP contribution in [0, 0.1) is 0 Å². The molecule has 0 amide bonds. The van der Waals surface area contributed by atoms with E-state index in [1.54, 1.807) is 49.4 Å². The molecule has 2 heterocycles. The highest BCUT2D eigenvalue weighted by atomic mass is 16.4. The van der Waals surface area contributed by atoms with Gasteiger partial charge in [0, 0.05) is 11.5 Å². The molecule has 0 bridgehead atoms. The number of aromatic carboxylic acids is 2. The van der Waals surface area contributed by atoms with Gasteiger partial charge in [-0.15, -0.1) is 0 Å². The number of carboxylic acid groups (broad SMARTS) is 2. The number of aliphatic hydroxyl groups excluding tert-OH is 1. The molecule has 0 spiro atoms. The minimum atomic E-state index is -1.11. The second kappa shape index (κ2) is 9.07. The Kier molecular flexibility index (Phi) is 5.66. The summed E-state index contributed by atoms with van der Waals surface area (Å²) < 4.78 is 0. The Morgan fingerprint density at radius 3 is 1.69 bits per heavy atom. The van der Waals surface area contributed by atoms with Gasteiger partial charge < -0.3 is 15.3 Å². The van der Waals surface area contributed by atoms with E-state index in [0.29, 0.717) is 44.2 Å². The number of para-hydroxylation sites is 3. The maximum atomic E-state index is 12.1. The second-order valence-electron chi connectivity index (χ2n) is 9.46. The molecule has 0 fully saturated rings. The van der Waals surface area contributed by atoms with Gasteiger partial charge in [0.15, 0.2) is 0 Å². The Morgan fingerprint density at radius 2 is 1.05 bits per heavy atom. The third-order valence-electron chi connectivity index (χ3n) is 7.05. The Morgan fingerprint density at radius 1 is 0.564 bits per heavy atom. The first kappa shape index (κ1) is 24.3. The predicted octanol–water partition coefficient (Wildman–Crippen LogP) is 5.48. The minimum Gasteiger partial charge on any atom is -0.478 e. The minimum absolute atomic E-state index is 0.0303. The fourth-order valence-electron chi connectivity index (χ4n) is 5.11. The third kappa shape index (κ3) is 3.91. The van der Waals surface area contributed by atoms with E-state index in [1.165, 1.54) is 12.1 Å². The van der Waals surface area contributed by atoms with E-state index in [0.717, 1.165) is 11.1 Å². The van der Waals surface area contributed by atoms with Crippen LogP contribution in [0.2, 0.25) is 0 Å². The lowest BCUT2D eigenvalue weighted by Gasteiger charge is -2.18. The molecule has 9 heteroatoms. The van der Waals surface area contributed by atoms with Crippen molar-refractivity contribution in [1.82, 2.24) is 19.9 Å². The van der Waals surface area contributed by atoms with Crippen LogP contribution >= 0.6 is 0 Å². The molecule has 9 nitrogen and oxygen atoms in total. The van der Waals surface area contributed by atoms with Gasteiger partial charge in [-0.25, -0.2) is 29.5 Å². The molecule has 3 N–H and O–H groups in total. The maximum Gasteiger partial charge on any atom is 0.337 e. The number of fused-ring (bicyclic) bond motifs is 4. The summed E-state index contributed by atoms with van der Waals surface area (Å²) in [6.45, 7) is 3.61. The van der Waals surface area contributed by atoms with E-state index >= 15 is 0 Å². The van der Waals surface area contributed by atoms with E-state index in [4.69, 9.17) is 9.97 Å². The zero-order valence-electron chi connectivity index (χ0n) is 21.0. The second-order valence-corrected chi connectivity index (χ2v) is 9.46. The van der Waals surface area contributed by atoms with Gasteiger partial charge in [-0.3, -0.25) is 0 Å². The summed E-state index contributed by atoms with van der Waals surface area (Å²) in [5.41, 5.74) is 5.83. The number of carboxylic acids is 2. The van der Waals surface area contributed by atoms with Crippen molar-refractivity contribution in [2.24, 2.45) is 0 Å². The fraction of sp³-hybridized carbons (Fsp3) is 0.133. The molecule has 39 heavy (non-hydrogen) atoms. The molecule has 0 unspecified atom stereocenters. The lowest BCUT2D eigenvalue weighted by molar-refractivity contribution is 0.0688. The molecule has 0 aliphatic carbocycles. The van der Waals surface area contributed by atoms with Crippen LogP contribution in [0.4, 0.5) is 0 Å². The summed E-state index contributed by atoms with van der Waals surface area (Å²) in [6, 6.07) is 18.9. The standard InChI is InChI=1S/C30H22N4O5/c1-14(16-6-3-9-21-24(16)31-23-11-5-8-19(29(36)37)26(23)32-21)17-12-13-20(30(38)39)28-27(17)34-25-18(15(2)35)7-4-10-22(25)33-28/h3-15,35H,1-2H3,(H,36,37)(H,38,39)/t14-,15+/m0/s1. The maximum absolute atomic E-state index is 12.1. The van der Waals surface area contributed by atoms with Gasteiger partial charge in [0.25, 0.3) is 0 Å². The van der Waals surface area contributed by atoms with E-state index in [-0.39, 0.29) is 22.6 Å². The molecule has 0 aliphatic heterocycles. The summed E-state index contributed by atoms with van der Waals surface area (Å²) in [5.74, 6) is -2.50. The molecule has 2 aromatic heterocycles. The first-order chi connectivity index (χ1) is 18.7. The quantitative estimate of drug-likeness (QED) is 0.252. The van der Waals surface area contributed by atoms with Crippen LogP contribution in [-0.2, 0) is 0 Å². The number of hydrogen-bond acceptors (Lipinski definition) is 7. The number of nitrogens with zero attached hydrogens (tertiary/aromatic N) is 4. The molecule has 0 saturated carbocycles. The average Bonchev–Trinajstić information content (AvgIpc) is 2.92. The van der Waals surface area contributed by atoms with E-state index < -0.39 is 18.0 Å². The summed E-state index contributed by atoms with van der Waals surface area (Å²) >= 11 is 0. The SMILES string of the molecule is C[C@@H](c1cccc2nc3c(C(=O)O)cccc3nc12)c1ccc(C(=O)O)c2nc3cccc([C@@H](C)O)c3nc12. The summed E-state index contributed by atoms with van der Waals surface area (Å²) in [6.07, 6.45) is -0.790. The van der Waals surface area contributed by atoms with E-state index in [1.807, 2.05) is 19.1 Å². The van der Waals surface area contributed by atoms with Crippen molar-refractivity contribution in [2.75, 3.05) is 0 Å². The van der Waals surface area contributed by atoms with Crippen molar-refractivity contribution in [1.29, 1.82) is 0 Å². The summed E-state index contributed by atoms with van der Waals surface area (Å²) in [7, 11) is 0. The largest absolute Gasteiger partial charge is 0.478 e. The lowest BCUT2D eigenvalue weighted by atomic mass is 9.89.